The van der Waals surface area contributed by atoms with Gasteiger partial charge in [0, 0.05) is 30.7 Å². The minimum absolute atomic E-state index is 0.158. The molecule has 0 saturated carbocycles. The summed E-state index contributed by atoms with van der Waals surface area (Å²) >= 11 is 1.47. The number of hydrogen-bond acceptors (Lipinski definition) is 4. The zero-order valence-electron chi connectivity index (χ0n) is 16.9. The highest BCUT2D eigenvalue weighted by atomic mass is 32.2. The Bertz CT molecular complexity index is 375. The zero-order valence-corrected chi connectivity index (χ0v) is 17.7. The topological polar surface area (TPSA) is 38.7 Å². The fourth-order valence-corrected chi connectivity index (χ4v) is 1.92. The van der Waals surface area contributed by atoms with Crippen molar-refractivity contribution in [3.8, 4) is 0 Å². The Morgan fingerprint density at radius 3 is 2.04 bits per heavy atom. The van der Waals surface area contributed by atoms with Crippen LogP contribution in [0.3, 0.4) is 0 Å². The van der Waals surface area contributed by atoms with Crippen molar-refractivity contribution in [2.24, 2.45) is 5.92 Å². The van der Waals surface area contributed by atoms with Crippen LogP contribution in [0, 0.1) is 12.8 Å². The van der Waals surface area contributed by atoms with E-state index in [-0.39, 0.29) is 12.2 Å². The summed E-state index contributed by atoms with van der Waals surface area (Å²) in [6.45, 7) is 15.4. The molecule has 0 heterocycles. The molecule has 0 aliphatic carbocycles. The van der Waals surface area contributed by atoms with E-state index < -0.39 is 0 Å². The molecule has 4 heteroatoms. The van der Waals surface area contributed by atoms with Crippen LogP contribution in [0.2, 0.25) is 0 Å². The number of aliphatic hydroxyl groups excluding tert-OH is 1. The van der Waals surface area contributed by atoms with E-state index in [1.807, 2.05) is 27.7 Å². The lowest BCUT2D eigenvalue weighted by atomic mass is 10.1. The number of ether oxygens (including phenoxy) is 1. The minimum Gasteiger partial charge on any atom is -0.396 e. The molecule has 0 aliphatic rings. The van der Waals surface area contributed by atoms with Crippen LogP contribution in [0.1, 0.15) is 59.9 Å². The van der Waals surface area contributed by atoms with Gasteiger partial charge in [-0.3, -0.25) is 0 Å². The Morgan fingerprint density at radius 1 is 1.12 bits per heavy atom. The molecule has 0 bridgehead atoms. The van der Waals surface area contributed by atoms with Crippen molar-refractivity contribution in [2.45, 2.75) is 71.8 Å². The third kappa shape index (κ3) is 16.3. The molecule has 3 nitrogen and oxygen atoms in total. The van der Waals surface area contributed by atoms with Gasteiger partial charge in [0.05, 0.1) is 12.2 Å². The Balaban J connectivity index is 0. The first kappa shape index (κ1) is 25.7. The summed E-state index contributed by atoms with van der Waals surface area (Å²) in [5, 5.41) is 8.45. The summed E-state index contributed by atoms with van der Waals surface area (Å²) in [4.78, 5) is 1.18. The summed E-state index contributed by atoms with van der Waals surface area (Å²) < 4.78 is 10.5. The van der Waals surface area contributed by atoms with E-state index in [4.69, 9.17) is 14.0 Å². The molecule has 0 radical (unpaired) electrons. The lowest BCUT2D eigenvalue weighted by Crippen LogP contribution is -2.23. The van der Waals surface area contributed by atoms with Gasteiger partial charge in [-0.05, 0) is 51.7 Å². The smallest absolute Gasteiger partial charge is 0.0644 e. The number of hydrogen-bond donors (Lipinski definition) is 1. The highest BCUT2D eigenvalue weighted by Gasteiger charge is 2.13. The van der Waals surface area contributed by atoms with Crippen LogP contribution >= 0.6 is 12.0 Å². The Labute approximate surface area is 154 Å². The molecular weight excluding hydrogens is 320 g/mol. The van der Waals surface area contributed by atoms with E-state index in [2.05, 4.69) is 45.0 Å². The first-order chi connectivity index (χ1) is 11.3. The van der Waals surface area contributed by atoms with Crippen molar-refractivity contribution < 1.29 is 14.0 Å². The van der Waals surface area contributed by atoms with Crippen molar-refractivity contribution in [1.29, 1.82) is 0 Å². The average molecular weight is 359 g/mol. The molecule has 0 fully saturated rings. The summed E-state index contributed by atoms with van der Waals surface area (Å²) in [5.41, 5.74) is 1.13. The van der Waals surface area contributed by atoms with Gasteiger partial charge < -0.3 is 14.0 Å². The number of benzene rings is 1. The maximum absolute atomic E-state index is 8.45. The quantitative estimate of drug-likeness (QED) is 0.465. The molecule has 0 amide bonds. The molecule has 0 saturated heterocycles. The molecule has 1 aromatic rings. The maximum atomic E-state index is 8.45. The van der Waals surface area contributed by atoms with Crippen molar-refractivity contribution in [3.63, 3.8) is 0 Å². The Morgan fingerprint density at radius 2 is 1.67 bits per heavy atom. The minimum atomic E-state index is -0.158. The summed E-state index contributed by atoms with van der Waals surface area (Å²) in [6, 6.07) is 8.40. The molecule has 24 heavy (non-hydrogen) atoms. The largest absolute Gasteiger partial charge is 0.396 e. The Kier molecular flexibility index (Phi) is 17.1. The van der Waals surface area contributed by atoms with Crippen LogP contribution in [0.4, 0.5) is 0 Å². The van der Waals surface area contributed by atoms with E-state index in [9.17, 15) is 0 Å². The van der Waals surface area contributed by atoms with Crippen molar-refractivity contribution in [2.75, 3.05) is 20.3 Å². The fraction of sp³-hybridized carbons (Fsp3) is 0.700. The van der Waals surface area contributed by atoms with E-state index in [0.29, 0.717) is 12.3 Å². The Hall–Kier alpha value is -0.550. The molecule has 0 atom stereocenters. The SMILES string of the molecule is CC.COC(C)(C)CCO.Cc1ccc(SOCCC(C)C)cc1. The molecular formula is C20H38O3S. The second-order valence-electron chi connectivity index (χ2n) is 6.34. The second kappa shape index (κ2) is 15.9. The van der Waals surface area contributed by atoms with Gasteiger partial charge in [0.15, 0.2) is 0 Å². The molecule has 0 aromatic heterocycles. The van der Waals surface area contributed by atoms with E-state index in [1.54, 1.807) is 7.11 Å². The molecule has 1 rings (SSSR count). The van der Waals surface area contributed by atoms with Gasteiger partial charge in [-0.15, -0.1) is 0 Å². The monoisotopic (exact) mass is 358 g/mol. The standard InChI is InChI=1S/C12H18OS.C6H14O2.C2H6/c1-10(2)8-9-13-14-12-6-4-11(3)5-7-12;1-6(2,8-3)4-5-7;1-2/h4-7,10H,8-9H2,1-3H3;7H,4-5H2,1-3H3;1-2H3. The molecule has 0 unspecified atom stereocenters. The molecule has 142 valence electrons. The van der Waals surface area contributed by atoms with Gasteiger partial charge in [-0.2, -0.15) is 0 Å². The molecule has 0 spiro atoms. The van der Waals surface area contributed by atoms with Crippen LogP contribution in [-0.4, -0.2) is 31.0 Å². The van der Waals surface area contributed by atoms with Crippen LogP contribution < -0.4 is 0 Å². The predicted molar refractivity (Wildman–Crippen MR) is 107 cm³/mol. The number of methoxy groups -OCH3 is 1. The van der Waals surface area contributed by atoms with Crippen LogP contribution in [0.25, 0.3) is 0 Å². The van der Waals surface area contributed by atoms with Gasteiger partial charge in [-0.25, -0.2) is 0 Å². The van der Waals surface area contributed by atoms with Crippen molar-refractivity contribution >= 4 is 12.0 Å². The lowest BCUT2D eigenvalue weighted by molar-refractivity contribution is 0.00293. The van der Waals surface area contributed by atoms with Crippen molar-refractivity contribution in [1.82, 2.24) is 0 Å². The lowest BCUT2D eigenvalue weighted by Gasteiger charge is -2.20. The van der Waals surface area contributed by atoms with Crippen molar-refractivity contribution in [3.05, 3.63) is 29.8 Å². The summed E-state index contributed by atoms with van der Waals surface area (Å²) in [5.74, 6) is 0.716. The van der Waals surface area contributed by atoms with E-state index in [1.165, 1.54) is 22.5 Å². The molecule has 1 N–H and O–H groups in total. The number of aryl methyl sites for hydroxylation is 1. The third-order valence-electron chi connectivity index (χ3n) is 3.22. The normalized spacial score (nSPS) is 10.6. The van der Waals surface area contributed by atoms with Crippen LogP contribution in [0.15, 0.2) is 29.2 Å². The van der Waals surface area contributed by atoms with Crippen LogP contribution in [-0.2, 0) is 8.92 Å². The number of aliphatic hydroxyl groups is 1. The zero-order chi connectivity index (χ0) is 19.0. The van der Waals surface area contributed by atoms with Gasteiger partial charge in [0.2, 0.25) is 0 Å². The first-order valence-corrected chi connectivity index (χ1v) is 9.57. The summed E-state index contributed by atoms with van der Waals surface area (Å²) in [7, 11) is 1.65. The average Bonchev–Trinajstić information content (AvgIpc) is 2.55. The van der Waals surface area contributed by atoms with Gasteiger partial charge in [0.25, 0.3) is 0 Å². The highest BCUT2D eigenvalue weighted by Crippen LogP contribution is 2.19. The van der Waals surface area contributed by atoms with E-state index in [0.717, 1.165) is 13.0 Å². The predicted octanol–water partition coefficient (Wildman–Crippen LogP) is 5.88. The van der Waals surface area contributed by atoms with Crippen LogP contribution in [0.5, 0.6) is 0 Å². The second-order valence-corrected chi connectivity index (χ2v) is 7.21. The van der Waals surface area contributed by atoms with Gasteiger partial charge in [-0.1, -0.05) is 45.4 Å². The fourth-order valence-electron chi connectivity index (χ4n) is 1.36. The summed E-state index contributed by atoms with van der Waals surface area (Å²) in [6.07, 6.45) is 1.82. The van der Waals surface area contributed by atoms with Gasteiger partial charge in [0.1, 0.15) is 0 Å². The molecule has 0 aliphatic heterocycles. The highest BCUT2D eigenvalue weighted by molar-refractivity contribution is 7.94. The third-order valence-corrected chi connectivity index (χ3v) is 3.97. The van der Waals surface area contributed by atoms with Gasteiger partial charge >= 0.3 is 0 Å². The number of rotatable bonds is 8. The maximum Gasteiger partial charge on any atom is 0.0644 e. The molecule has 1 aromatic carbocycles. The first-order valence-electron chi connectivity index (χ1n) is 8.83. The van der Waals surface area contributed by atoms with E-state index >= 15 is 0 Å².